The predicted molar refractivity (Wildman–Crippen MR) is 86.7 cm³/mol. The van der Waals surface area contributed by atoms with Crippen molar-refractivity contribution in [2.75, 3.05) is 23.3 Å². The van der Waals surface area contributed by atoms with E-state index in [9.17, 15) is 33.4 Å². The van der Waals surface area contributed by atoms with E-state index in [2.05, 4.69) is 6.58 Å². The minimum atomic E-state index is -5.15. The van der Waals surface area contributed by atoms with Crippen molar-refractivity contribution < 1.29 is 23.0 Å². The fourth-order valence-electron chi connectivity index (χ4n) is 2.35. The van der Waals surface area contributed by atoms with Gasteiger partial charge < -0.3 is 4.90 Å². The summed E-state index contributed by atoms with van der Waals surface area (Å²) in [6, 6.07) is 0.184. The third-order valence-corrected chi connectivity index (χ3v) is 3.28. The van der Waals surface area contributed by atoms with Crippen LogP contribution in [-0.2, 0) is 6.18 Å². The van der Waals surface area contributed by atoms with Crippen molar-refractivity contribution in [2.24, 2.45) is 0 Å². The Hall–Kier alpha value is -3.36. The number of nitrogens with zero attached hydrogens (tertiary/aromatic N) is 4. The van der Waals surface area contributed by atoms with Crippen LogP contribution >= 0.6 is 0 Å². The molecule has 0 spiro atoms. The van der Waals surface area contributed by atoms with Gasteiger partial charge in [0.05, 0.1) is 15.4 Å². The molecule has 0 heterocycles. The number of benzene rings is 1. The molecular weight excluding hydrogens is 359 g/mol. The Morgan fingerprint density at radius 1 is 1.38 bits per heavy atom. The van der Waals surface area contributed by atoms with Gasteiger partial charge in [-0.15, -0.1) is 0 Å². The lowest BCUT2D eigenvalue weighted by atomic mass is 10.1. The summed E-state index contributed by atoms with van der Waals surface area (Å²) in [5.74, 6) is 0. The number of likely N-dealkylation sites (N-methyl/N-ethyl adjacent to an activating group) is 1. The molecule has 0 fully saturated rings. The van der Waals surface area contributed by atoms with Crippen LogP contribution in [0.5, 0.6) is 0 Å². The molecule has 1 rings (SSSR count). The monoisotopic (exact) mass is 373 g/mol. The number of anilines is 2. The first-order chi connectivity index (χ1) is 11.9. The quantitative estimate of drug-likeness (QED) is 0.253. The molecule has 140 valence electrons. The molecule has 0 unspecified atom stereocenters. The maximum atomic E-state index is 13.3. The van der Waals surface area contributed by atoms with Gasteiger partial charge in [0.25, 0.3) is 5.69 Å². The third kappa shape index (κ3) is 4.18. The second kappa shape index (κ2) is 7.68. The number of halogens is 3. The highest BCUT2D eigenvalue weighted by atomic mass is 19.4. The molecule has 0 radical (unpaired) electrons. The standard InChI is InChI=1S/C14H14F3N5O4/c1-4-20(6-8(2)3)12-10(21(23)24)5-9(14(15,16)17)11(19-7-18)13(12)22(25)26/h5,19H,2,4,6H2,1,3H3. The number of rotatable bonds is 7. The number of nitro benzene ring substituents is 2. The van der Waals surface area contributed by atoms with Gasteiger partial charge in [-0.2, -0.15) is 18.4 Å². The van der Waals surface area contributed by atoms with Crippen LogP contribution in [0.2, 0.25) is 0 Å². The molecular formula is C14H14F3N5O4. The van der Waals surface area contributed by atoms with Crippen molar-refractivity contribution in [3.8, 4) is 6.19 Å². The van der Waals surface area contributed by atoms with Crippen molar-refractivity contribution in [3.05, 3.63) is 44.0 Å². The first-order valence-corrected chi connectivity index (χ1v) is 7.07. The van der Waals surface area contributed by atoms with E-state index in [0.29, 0.717) is 5.57 Å². The Bertz CT molecular complexity index is 801. The second-order valence-electron chi connectivity index (χ2n) is 5.24. The number of hydrogen-bond donors (Lipinski definition) is 1. The van der Waals surface area contributed by atoms with Gasteiger partial charge in [0.1, 0.15) is 5.69 Å². The number of hydrogen-bond acceptors (Lipinski definition) is 7. The van der Waals surface area contributed by atoms with Gasteiger partial charge in [0.2, 0.25) is 0 Å². The summed E-state index contributed by atoms with van der Waals surface area (Å²) in [6.45, 7) is 6.64. The zero-order valence-corrected chi connectivity index (χ0v) is 13.8. The average molecular weight is 373 g/mol. The number of nitrogens with one attached hydrogen (secondary N) is 1. The Morgan fingerprint density at radius 3 is 2.31 bits per heavy atom. The molecule has 1 aromatic rings. The first kappa shape index (κ1) is 20.7. The third-order valence-electron chi connectivity index (χ3n) is 3.28. The summed E-state index contributed by atoms with van der Waals surface area (Å²) >= 11 is 0. The summed E-state index contributed by atoms with van der Waals surface area (Å²) in [6.07, 6.45) is -3.95. The molecule has 0 atom stereocenters. The van der Waals surface area contributed by atoms with Crippen LogP contribution in [0, 0.1) is 31.7 Å². The minimum Gasteiger partial charge on any atom is -0.357 e. The molecule has 0 saturated carbocycles. The van der Waals surface area contributed by atoms with Crippen molar-refractivity contribution in [1.29, 1.82) is 5.26 Å². The smallest absolute Gasteiger partial charge is 0.357 e. The maximum absolute atomic E-state index is 13.3. The van der Waals surface area contributed by atoms with Gasteiger partial charge in [-0.3, -0.25) is 25.5 Å². The average Bonchev–Trinajstić information content (AvgIpc) is 2.50. The van der Waals surface area contributed by atoms with Gasteiger partial charge in [0, 0.05) is 19.2 Å². The topological polar surface area (TPSA) is 125 Å². The van der Waals surface area contributed by atoms with Crippen LogP contribution in [0.4, 0.5) is 35.9 Å². The molecule has 0 saturated heterocycles. The Morgan fingerprint density at radius 2 is 1.96 bits per heavy atom. The summed E-state index contributed by atoms with van der Waals surface area (Å²) in [5.41, 5.74) is -5.26. The largest absolute Gasteiger partial charge is 0.418 e. The maximum Gasteiger partial charge on any atom is 0.418 e. The van der Waals surface area contributed by atoms with Crippen molar-refractivity contribution in [2.45, 2.75) is 20.0 Å². The summed E-state index contributed by atoms with van der Waals surface area (Å²) < 4.78 is 39.8. The van der Waals surface area contributed by atoms with E-state index in [1.165, 1.54) is 13.1 Å². The molecule has 0 aliphatic rings. The molecule has 0 amide bonds. The molecule has 9 nitrogen and oxygen atoms in total. The zero-order chi connectivity index (χ0) is 20.2. The lowest BCUT2D eigenvalue weighted by Gasteiger charge is -2.24. The minimum absolute atomic E-state index is 0.0197. The van der Waals surface area contributed by atoms with Gasteiger partial charge >= 0.3 is 11.9 Å². The van der Waals surface area contributed by atoms with Crippen LogP contribution in [0.1, 0.15) is 19.4 Å². The molecule has 1 N–H and O–H groups in total. The number of nitro groups is 2. The highest BCUT2D eigenvalue weighted by molar-refractivity contribution is 5.88. The van der Waals surface area contributed by atoms with Crippen LogP contribution in [0.25, 0.3) is 0 Å². The molecule has 26 heavy (non-hydrogen) atoms. The van der Waals surface area contributed by atoms with E-state index in [0.717, 1.165) is 4.90 Å². The SMILES string of the molecule is C=C(C)CN(CC)c1c([N+](=O)[O-])cc(C(F)(F)F)c(NC#N)c1[N+](=O)[O-]. The molecule has 0 bridgehead atoms. The molecule has 0 aromatic heterocycles. The second-order valence-corrected chi connectivity index (χ2v) is 5.24. The van der Waals surface area contributed by atoms with Gasteiger partial charge in [-0.1, -0.05) is 12.2 Å². The number of nitriles is 1. The van der Waals surface area contributed by atoms with Gasteiger partial charge in [0.15, 0.2) is 11.9 Å². The first-order valence-electron chi connectivity index (χ1n) is 7.07. The van der Waals surface area contributed by atoms with E-state index in [1.807, 2.05) is 0 Å². The Labute approximate surface area is 145 Å². The van der Waals surface area contributed by atoms with Crippen LogP contribution in [0.15, 0.2) is 18.2 Å². The van der Waals surface area contributed by atoms with E-state index in [4.69, 9.17) is 5.26 Å². The number of alkyl halides is 3. The van der Waals surface area contributed by atoms with Gasteiger partial charge in [-0.25, -0.2) is 0 Å². The van der Waals surface area contributed by atoms with Crippen LogP contribution in [-0.4, -0.2) is 22.9 Å². The van der Waals surface area contributed by atoms with E-state index >= 15 is 0 Å². The summed E-state index contributed by atoms with van der Waals surface area (Å²) in [4.78, 5) is 21.7. The molecule has 1 aromatic carbocycles. The highest BCUT2D eigenvalue weighted by Gasteiger charge is 2.43. The van der Waals surface area contributed by atoms with Crippen LogP contribution in [0.3, 0.4) is 0 Å². The Kier molecular flexibility index (Phi) is 6.11. The normalized spacial score (nSPS) is 10.8. The zero-order valence-electron chi connectivity index (χ0n) is 13.8. The summed E-state index contributed by atoms with van der Waals surface area (Å²) in [5, 5.41) is 33.2. The van der Waals surface area contributed by atoms with Crippen molar-refractivity contribution in [1.82, 2.24) is 0 Å². The molecule has 0 aliphatic carbocycles. The molecule has 0 aliphatic heterocycles. The van der Waals surface area contributed by atoms with Crippen molar-refractivity contribution >= 4 is 22.7 Å². The van der Waals surface area contributed by atoms with Crippen molar-refractivity contribution in [3.63, 3.8) is 0 Å². The van der Waals surface area contributed by atoms with Crippen LogP contribution < -0.4 is 10.2 Å². The summed E-state index contributed by atoms with van der Waals surface area (Å²) in [7, 11) is 0. The predicted octanol–water partition coefficient (Wildman–Crippen LogP) is 3.82. The lowest BCUT2D eigenvalue weighted by Crippen LogP contribution is -2.27. The Balaban J connectivity index is 4.06. The van der Waals surface area contributed by atoms with E-state index in [-0.39, 0.29) is 19.2 Å². The van der Waals surface area contributed by atoms with E-state index in [1.54, 1.807) is 12.2 Å². The lowest BCUT2D eigenvalue weighted by molar-refractivity contribution is -0.392. The fourth-order valence-corrected chi connectivity index (χ4v) is 2.35. The molecule has 12 heteroatoms. The van der Waals surface area contributed by atoms with Gasteiger partial charge in [-0.05, 0) is 13.8 Å². The highest BCUT2D eigenvalue weighted by Crippen LogP contribution is 2.49. The fraction of sp³-hybridized carbons (Fsp3) is 0.357. The van der Waals surface area contributed by atoms with E-state index < -0.39 is 44.3 Å².